The number of hydrogen-bond acceptors (Lipinski definition) is 8. The number of rotatable bonds is 6. The summed E-state index contributed by atoms with van der Waals surface area (Å²) < 4.78 is 7.68. The molecule has 1 N–H and O–H groups in total. The monoisotopic (exact) mass is 472 g/mol. The Morgan fingerprint density at radius 3 is 2.78 bits per heavy atom. The quantitative estimate of drug-likeness (QED) is 0.505. The van der Waals surface area contributed by atoms with Gasteiger partial charge >= 0.3 is 0 Å². The van der Waals surface area contributed by atoms with Gasteiger partial charge < -0.3 is 15.0 Å². The first kappa shape index (κ1) is 21.7. The smallest absolute Gasteiger partial charge is 0.238 e. The topological polar surface area (TPSA) is 96.1 Å². The van der Waals surface area contributed by atoms with Crippen LogP contribution in [-0.2, 0) is 22.4 Å². The number of thioether (sulfide) groups is 1. The summed E-state index contributed by atoms with van der Waals surface area (Å²) in [6.45, 7) is 4.91. The fourth-order valence-corrected chi connectivity index (χ4v) is 6.51. The number of morpholine rings is 1. The highest BCUT2D eigenvalue weighted by Gasteiger charge is 2.33. The Hall–Kier alpha value is -2.09. The highest BCUT2D eigenvalue weighted by Crippen LogP contribution is 2.42. The third-order valence-corrected chi connectivity index (χ3v) is 8.54. The number of thiophene rings is 1. The van der Waals surface area contributed by atoms with Crippen LogP contribution >= 0.6 is 23.1 Å². The number of amides is 1. The molecule has 10 heteroatoms. The third-order valence-electron chi connectivity index (χ3n) is 6.27. The number of anilines is 2. The maximum atomic E-state index is 13.1. The molecule has 1 amide bonds. The van der Waals surface area contributed by atoms with E-state index < -0.39 is 0 Å². The first-order valence-electron chi connectivity index (χ1n) is 11.5. The predicted octanol–water partition coefficient (Wildman–Crippen LogP) is 3.77. The van der Waals surface area contributed by atoms with Gasteiger partial charge in [0.25, 0.3) is 0 Å². The standard InChI is InChI=1S/C22H28N6O2S2/c1-14(19(29)24-20-17(13-23)16-5-3-2-4-6-18(16)32-20)31-22-26-25-21(28(22)15-7-8-15)27-9-11-30-12-10-27/h14-15H,2-12H2,1H3,(H,24,29). The molecule has 1 atom stereocenters. The lowest BCUT2D eigenvalue weighted by Gasteiger charge is -2.28. The summed E-state index contributed by atoms with van der Waals surface area (Å²) in [4.78, 5) is 16.5. The Morgan fingerprint density at radius 1 is 1.25 bits per heavy atom. The molecule has 1 saturated carbocycles. The van der Waals surface area contributed by atoms with Gasteiger partial charge in [-0.1, -0.05) is 18.2 Å². The molecule has 2 aromatic rings. The minimum atomic E-state index is -0.345. The van der Waals surface area contributed by atoms with Gasteiger partial charge in [-0.2, -0.15) is 5.26 Å². The van der Waals surface area contributed by atoms with Gasteiger partial charge in [0, 0.05) is 24.0 Å². The molecule has 1 unspecified atom stereocenters. The number of carbonyl (C=O) groups is 1. The number of aryl methyl sites for hydroxylation is 1. The predicted molar refractivity (Wildman–Crippen MR) is 126 cm³/mol. The highest BCUT2D eigenvalue weighted by atomic mass is 32.2. The fourth-order valence-electron chi connectivity index (χ4n) is 4.36. The van der Waals surface area contributed by atoms with E-state index in [4.69, 9.17) is 4.74 Å². The van der Waals surface area contributed by atoms with E-state index in [1.165, 1.54) is 23.1 Å². The average Bonchev–Trinajstić information content (AvgIpc) is 3.54. The zero-order valence-corrected chi connectivity index (χ0v) is 19.9. The van der Waals surface area contributed by atoms with Gasteiger partial charge in [-0.25, -0.2) is 0 Å². The van der Waals surface area contributed by atoms with Crippen molar-refractivity contribution in [1.29, 1.82) is 5.26 Å². The number of aromatic nitrogens is 3. The summed E-state index contributed by atoms with van der Waals surface area (Å²) in [5.41, 5.74) is 1.81. The Balaban J connectivity index is 1.31. The van der Waals surface area contributed by atoms with E-state index in [0.29, 0.717) is 29.8 Å². The summed E-state index contributed by atoms with van der Waals surface area (Å²) in [7, 11) is 0. The van der Waals surface area contributed by atoms with Crippen LogP contribution in [-0.4, -0.2) is 52.2 Å². The number of fused-ring (bicyclic) bond motifs is 1. The summed E-state index contributed by atoms with van der Waals surface area (Å²) in [5.74, 6) is 0.792. The first-order valence-corrected chi connectivity index (χ1v) is 13.1. The number of carbonyl (C=O) groups excluding carboxylic acids is 1. The second-order valence-electron chi connectivity index (χ2n) is 8.61. The molecule has 0 bridgehead atoms. The van der Waals surface area contributed by atoms with E-state index >= 15 is 0 Å². The van der Waals surface area contributed by atoms with Crippen LogP contribution in [0.25, 0.3) is 0 Å². The van der Waals surface area contributed by atoms with Crippen molar-refractivity contribution in [2.45, 2.75) is 68.3 Å². The molecular formula is C22H28N6O2S2. The van der Waals surface area contributed by atoms with Crippen LogP contribution in [0.2, 0.25) is 0 Å². The number of hydrogen-bond donors (Lipinski definition) is 1. The van der Waals surface area contributed by atoms with E-state index in [0.717, 1.165) is 68.3 Å². The van der Waals surface area contributed by atoms with Crippen LogP contribution < -0.4 is 10.2 Å². The summed E-state index contributed by atoms with van der Waals surface area (Å²) in [6.07, 6.45) is 7.65. The lowest BCUT2D eigenvalue weighted by molar-refractivity contribution is -0.115. The van der Waals surface area contributed by atoms with Crippen molar-refractivity contribution in [3.05, 3.63) is 16.0 Å². The van der Waals surface area contributed by atoms with Crippen molar-refractivity contribution in [3.63, 3.8) is 0 Å². The van der Waals surface area contributed by atoms with Crippen LogP contribution in [0, 0.1) is 11.3 Å². The zero-order valence-electron chi connectivity index (χ0n) is 18.3. The normalized spacial score (nSPS) is 19.7. The van der Waals surface area contributed by atoms with Crippen LogP contribution in [0.3, 0.4) is 0 Å². The van der Waals surface area contributed by atoms with Crippen LogP contribution in [0.15, 0.2) is 5.16 Å². The van der Waals surface area contributed by atoms with E-state index in [2.05, 4.69) is 31.1 Å². The van der Waals surface area contributed by atoms with Gasteiger partial charge in [0.2, 0.25) is 11.9 Å². The molecule has 5 rings (SSSR count). The minimum Gasteiger partial charge on any atom is -0.378 e. The van der Waals surface area contributed by atoms with E-state index in [1.54, 1.807) is 11.3 Å². The van der Waals surface area contributed by atoms with Crippen molar-refractivity contribution in [1.82, 2.24) is 14.8 Å². The van der Waals surface area contributed by atoms with Crippen molar-refractivity contribution in [3.8, 4) is 6.07 Å². The number of nitrogens with zero attached hydrogens (tertiary/aromatic N) is 5. The summed E-state index contributed by atoms with van der Waals surface area (Å²) in [5, 5.41) is 22.8. The molecule has 1 aliphatic heterocycles. The third kappa shape index (κ3) is 4.38. The van der Waals surface area contributed by atoms with Gasteiger partial charge in [0.1, 0.15) is 11.1 Å². The molecule has 2 aromatic heterocycles. The van der Waals surface area contributed by atoms with Gasteiger partial charge in [0.15, 0.2) is 5.16 Å². The van der Waals surface area contributed by atoms with Gasteiger partial charge in [-0.15, -0.1) is 21.5 Å². The molecule has 170 valence electrons. The summed E-state index contributed by atoms with van der Waals surface area (Å²) >= 11 is 3.02. The average molecular weight is 473 g/mol. The Labute approximate surface area is 196 Å². The largest absolute Gasteiger partial charge is 0.378 e. The van der Waals surface area contributed by atoms with E-state index in [-0.39, 0.29) is 11.2 Å². The molecule has 2 aliphatic carbocycles. The number of ether oxygens (including phenoxy) is 1. The number of nitrogens with one attached hydrogen (secondary N) is 1. The zero-order chi connectivity index (χ0) is 22.1. The van der Waals surface area contributed by atoms with E-state index in [9.17, 15) is 10.1 Å². The second-order valence-corrected chi connectivity index (χ2v) is 11.0. The van der Waals surface area contributed by atoms with Crippen molar-refractivity contribution in [2.75, 3.05) is 36.5 Å². The maximum absolute atomic E-state index is 13.1. The van der Waals surface area contributed by atoms with Gasteiger partial charge in [0.05, 0.1) is 24.0 Å². The minimum absolute atomic E-state index is 0.0961. The van der Waals surface area contributed by atoms with Crippen LogP contribution in [0.4, 0.5) is 10.9 Å². The molecule has 32 heavy (non-hydrogen) atoms. The molecule has 0 spiro atoms. The lowest BCUT2D eigenvalue weighted by atomic mass is 10.1. The van der Waals surface area contributed by atoms with Crippen LogP contribution in [0.1, 0.15) is 61.1 Å². The molecular weight excluding hydrogens is 444 g/mol. The Morgan fingerprint density at radius 2 is 2.03 bits per heavy atom. The first-order chi connectivity index (χ1) is 15.7. The fraction of sp³-hybridized carbons (Fsp3) is 0.636. The lowest BCUT2D eigenvalue weighted by Crippen LogP contribution is -2.38. The number of nitriles is 1. The van der Waals surface area contributed by atoms with Gasteiger partial charge in [-0.05, 0) is 51.0 Å². The molecule has 3 aliphatic rings. The van der Waals surface area contributed by atoms with Crippen molar-refractivity contribution < 1.29 is 9.53 Å². The van der Waals surface area contributed by atoms with Crippen LogP contribution in [0.5, 0.6) is 0 Å². The molecule has 0 aromatic carbocycles. The maximum Gasteiger partial charge on any atom is 0.238 e. The SMILES string of the molecule is CC(Sc1nnc(N2CCOCC2)n1C1CC1)C(=O)Nc1sc2c(c1C#N)CCCCC2. The molecule has 0 radical (unpaired) electrons. The van der Waals surface area contributed by atoms with E-state index in [1.807, 2.05) is 6.92 Å². The Bertz CT molecular complexity index is 1030. The highest BCUT2D eigenvalue weighted by molar-refractivity contribution is 8.00. The Kier molecular flexibility index (Phi) is 6.40. The van der Waals surface area contributed by atoms with Crippen molar-refractivity contribution in [2.24, 2.45) is 0 Å². The molecule has 3 heterocycles. The molecule has 2 fully saturated rings. The molecule has 8 nitrogen and oxygen atoms in total. The van der Waals surface area contributed by atoms with Crippen molar-refractivity contribution >= 4 is 40.0 Å². The molecule has 1 saturated heterocycles. The van der Waals surface area contributed by atoms with Gasteiger partial charge in [-0.3, -0.25) is 9.36 Å². The summed E-state index contributed by atoms with van der Waals surface area (Å²) in [6, 6.07) is 2.76. The second kappa shape index (κ2) is 9.41.